The topological polar surface area (TPSA) is 97.1 Å². The van der Waals surface area contributed by atoms with Crippen LogP contribution in [0.5, 0.6) is 0 Å². The molecule has 7 nitrogen and oxygen atoms in total. The molecule has 0 aliphatic carbocycles. The number of nitrogens with zero attached hydrogens (tertiary/aromatic N) is 3. The lowest BCUT2D eigenvalue weighted by Crippen LogP contribution is -2.26. The molecule has 24 heavy (non-hydrogen) atoms. The molecule has 0 aliphatic rings. The first kappa shape index (κ1) is 18.1. The van der Waals surface area contributed by atoms with Crippen molar-refractivity contribution in [2.45, 2.75) is 46.6 Å². The summed E-state index contributed by atoms with van der Waals surface area (Å²) in [5, 5.41) is 16.9. The largest absolute Gasteiger partial charge is 0.477 e. The number of carbonyl (C=O) groups excluding carboxylic acids is 1. The summed E-state index contributed by atoms with van der Waals surface area (Å²) in [7, 11) is 1.89. The lowest BCUT2D eigenvalue weighted by atomic mass is 10.1. The maximum absolute atomic E-state index is 12.2. The summed E-state index contributed by atoms with van der Waals surface area (Å²) in [5.74, 6) is -1.08. The predicted molar refractivity (Wildman–Crippen MR) is 91.4 cm³/mol. The Labute approximate surface area is 144 Å². The van der Waals surface area contributed by atoms with Crippen LogP contribution in [0.3, 0.4) is 0 Å². The normalized spacial score (nSPS) is 12.2. The molecule has 0 aromatic carbocycles. The zero-order valence-electron chi connectivity index (χ0n) is 14.5. The summed E-state index contributed by atoms with van der Waals surface area (Å²) in [5.41, 5.74) is 3.58. The molecule has 2 aromatic heterocycles. The highest BCUT2D eigenvalue weighted by Gasteiger charge is 2.19. The van der Waals surface area contributed by atoms with Crippen molar-refractivity contribution in [3.63, 3.8) is 0 Å². The first-order valence-electron chi connectivity index (χ1n) is 7.69. The zero-order valence-corrected chi connectivity index (χ0v) is 15.3. The van der Waals surface area contributed by atoms with E-state index in [0.717, 1.165) is 28.3 Å². The zero-order chi connectivity index (χ0) is 18.0. The summed E-state index contributed by atoms with van der Waals surface area (Å²) >= 11 is 1.10. The van der Waals surface area contributed by atoms with E-state index in [4.69, 9.17) is 5.11 Å². The highest BCUT2D eigenvalue weighted by Crippen LogP contribution is 2.23. The minimum atomic E-state index is -0.989. The third-order valence-electron chi connectivity index (χ3n) is 4.02. The van der Waals surface area contributed by atoms with Gasteiger partial charge in [0.15, 0.2) is 0 Å². The Balaban J connectivity index is 1.97. The second-order valence-corrected chi connectivity index (χ2v) is 6.86. The van der Waals surface area contributed by atoms with Gasteiger partial charge in [0.05, 0.1) is 17.4 Å². The number of carboxylic acid groups (broad SMARTS) is 1. The molecule has 0 aliphatic heterocycles. The van der Waals surface area contributed by atoms with E-state index in [1.807, 2.05) is 32.5 Å². The summed E-state index contributed by atoms with van der Waals surface area (Å²) in [6, 6.07) is -0.314. The van der Waals surface area contributed by atoms with Crippen molar-refractivity contribution in [1.82, 2.24) is 20.1 Å². The van der Waals surface area contributed by atoms with Gasteiger partial charge in [-0.15, -0.1) is 11.3 Å². The molecule has 2 rings (SSSR count). The number of aromatic nitrogens is 3. The fourth-order valence-electron chi connectivity index (χ4n) is 2.59. The van der Waals surface area contributed by atoms with E-state index in [2.05, 4.69) is 15.4 Å². The number of rotatable bonds is 6. The summed E-state index contributed by atoms with van der Waals surface area (Å²) < 4.78 is 1.82. The van der Waals surface area contributed by atoms with Gasteiger partial charge in [0.1, 0.15) is 9.88 Å². The molecule has 1 amide bonds. The van der Waals surface area contributed by atoms with Crippen LogP contribution >= 0.6 is 11.3 Å². The third-order valence-corrected chi connectivity index (χ3v) is 5.34. The molecule has 2 aromatic rings. The van der Waals surface area contributed by atoms with Crippen LogP contribution in [0, 0.1) is 20.8 Å². The van der Waals surface area contributed by atoms with Crippen molar-refractivity contribution in [1.29, 1.82) is 0 Å². The molecule has 130 valence electrons. The smallest absolute Gasteiger partial charge is 0.347 e. The van der Waals surface area contributed by atoms with Gasteiger partial charge >= 0.3 is 5.97 Å². The fraction of sp³-hybridized carbons (Fsp3) is 0.500. The van der Waals surface area contributed by atoms with Crippen molar-refractivity contribution in [3.05, 3.63) is 32.5 Å². The third kappa shape index (κ3) is 3.81. The molecule has 2 N–H and O–H groups in total. The highest BCUT2D eigenvalue weighted by atomic mass is 32.1. The number of amides is 1. The van der Waals surface area contributed by atoms with E-state index in [1.54, 1.807) is 6.92 Å². The van der Waals surface area contributed by atoms with Gasteiger partial charge in [-0.2, -0.15) is 5.10 Å². The van der Waals surface area contributed by atoms with E-state index >= 15 is 0 Å². The van der Waals surface area contributed by atoms with Crippen LogP contribution in [0.4, 0.5) is 0 Å². The molecule has 1 unspecified atom stereocenters. The quantitative estimate of drug-likeness (QED) is 0.833. The van der Waals surface area contributed by atoms with Crippen molar-refractivity contribution in [3.8, 4) is 0 Å². The number of aromatic carboxylic acids is 1. The molecule has 8 heteroatoms. The van der Waals surface area contributed by atoms with Gasteiger partial charge in [0.25, 0.3) is 0 Å². The Morgan fingerprint density at radius 2 is 1.96 bits per heavy atom. The number of carbonyl (C=O) groups is 2. The lowest BCUT2D eigenvalue weighted by molar-refractivity contribution is -0.121. The van der Waals surface area contributed by atoms with Crippen LogP contribution < -0.4 is 5.32 Å². The molecular formula is C16H22N4O3S. The SMILES string of the molecule is Cc1nc(C(C)NC(=O)CCc2c(C)nn(C)c2C)sc1C(=O)O. The number of aryl methyl sites for hydroxylation is 3. The first-order valence-corrected chi connectivity index (χ1v) is 8.51. The summed E-state index contributed by atoms with van der Waals surface area (Å²) in [6.07, 6.45) is 0.981. The molecule has 0 bridgehead atoms. The van der Waals surface area contributed by atoms with Crippen LogP contribution in [0.15, 0.2) is 0 Å². The van der Waals surface area contributed by atoms with E-state index in [0.29, 0.717) is 23.5 Å². The molecule has 0 saturated carbocycles. The lowest BCUT2D eigenvalue weighted by Gasteiger charge is -2.11. The molecule has 1 atom stereocenters. The number of nitrogens with one attached hydrogen (secondary N) is 1. The van der Waals surface area contributed by atoms with Gasteiger partial charge in [0, 0.05) is 19.2 Å². The van der Waals surface area contributed by atoms with E-state index in [9.17, 15) is 9.59 Å². The first-order chi connectivity index (χ1) is 11.2. The van der Waals surface area contributed by atoms with Gasteiger partial charge in [-0.3, -0.25) is 9.48 Å². The van der Waals surface area contributed by atoms with Gasteiger partial charge in [-0.05, 0) is 39.7 Å². The van der Waals surface area contributed by atoms with Crippen LogP contribution in [0.1, 0.15) is 56.7 Å². The maximum Gasteiger partial charge on any atom is 0.347 e. The predicted octanol–water partition coefficient (Wildman–Crippen LogP) is 2.31. The van der Waals surface area contributed by atoms with Crippen molar-refractivity contribution < 1.29 is 14.7 Å². The molecule has 0 saturated heterocycles. The van der Waals surface area contributed by atoms with E-state index < -0.39 is 5.97 Å². The summed E-state index contributed by atoms with van der Waals surface area (Å²) in [4.78, 5) is 27.7. The Morgan fingerprint density at radius 1 is 1.29 bits per heavy atom. The molecule has 0 radical (unpaired) electrons. The molecule has 0 fully saturated rings. The number of hydrogen-bond acceptors (Lipinski definition) is 5. The van der Waals surface area contributed by atoms with Gasteiger partial charge in [-0.1, -0.05) is 0 Å². The minimum absolute atomic E-state index is 0.0881. The Bertz CT molecular complexity index is 779. The van der Waals surface area contributed by atoms with Crippen LogP contribution in [-0.2, 0) is 18.3 Å². The van der Waals surface area contributed by atoms with Gasteiger partial charge in [0.2, 0.25) is 5.91 Å². The standard InChI is InChI=1S/C16H22N4O3S/c1-8-12(11(4)20(5)19-8)6-7-13(21)17-10(3)15-18-9(2)14(24-15)16(22)23/h10H,6-7H2,1-5H3,(H,17,21)(H,22,23). The van der Waals surface area contributed by atoms with Crippen LogP contribution in [0.25, 0.3) is 0 Å². The van der Waals surface area contributed by atoms with E-state index in [1.165, 1.54) is 0 Å². The number of thiazole rings is 1. The minimum Gasteiger partial charge on any atom is -0.477 e. The molecule has 2 heterocycles. The maximum atomic E-state index is 12.2. The average molecular weight is 350 g/mol. The van der Waals surface area contributed by atoms with Crippen molar-refractivity contribution in [2.75, 3.05) is 0 Å². The number of carboxylic acids is 1. The van der Waals surface area contributed by atoms with Crippen LogP contribution in [0.2, 0.25) is 0 Å². The fourth-order valence-corrected chi connectivity index (χ4v) is 3.50. The Hall–Kier alpha value is -2.22. The number of hydrogen-bond donors (Lipinski definition) is 2. The Kier molecular flexibility index (Phi) is 5.38. The second kappa shape index (κ2) is 7.12. The van der Waals surface area contributed by atoms with Crippen molar-refractivity contribution in [2.24, 2.45) is 7.05 Å². The Morgan fingerprint density at radius 3 is 2.46 bits per heavy atom. The highest BCUT2D eigenvalue weighted by molar-refractivity contribution is 7.13. The second-order valence-electron chi connectivity index (χ2n) is 5.83. The average Bonchev–Trinajstić information content (AvgIpc) is 2.99. The monoisotopic (exact) mass is 350 g/mol. The summed E-state index contributed by atoms with van der Waals surface area (Å²) in [6.45, 7) is 7.39. The molecule has 0 spiro atoms. The van der Waals surface area contributed by atoms with Gasteiger partial charge < -0.3 is 10.4 Å². The van der Waals surface area contributed by atoms with Crippen LogP contribution in [-0.4, -0.2) is 31.7 Å². The van der Waals surface area contributed by atoms with E-state index in [-0.39, 0.29) is 16.8 Å². The van der Waals surface area contributed by atoms with Gasteiger partial charge in [-0.25, -0.2) is 9.78 Å². The molecular weight excluding hydrogens is 328 g/mol. The van der Waals surface area contributed by atoms with Crippen molar-refractivity contribution >= 4 is 23.2 Å².